The summed E-state index contributed by atoms with van der Waals surface area (Å²) in [5, 5.41) is 0.906. The van der Waals surface area contributed by atoms with Gasteiger partial charge in [-0.1, -0.05) is 25.1 Å². The molecule has 26 heavy (non-hydrogen) atoms. The van der Waals surface area contributed by atoms with Gasteiger partial charge in [-0.25, -0.2) is 4.98 Å². The Balaban J connectivity index is 1.75. The van der Waals surface area contributed by atoms with Crippen molar-refractivity contribution in [3.63, 3.8) is 0 Å². The summed E-state index contributed by atoms with van der Waals surface area (Å²) >= 11 is 0. The van der Waals surface area contributed by atoms with E-state index in [0.29, 0.717) is 0 Å². The van der Waals surface area contributed by atoms with Gasteiger partial charge in [-0.15, -0.1) is 0 Å². The molecule has 0 N–H and O–H groups in total. The monoisotopic (exact) mass is 346 g/mol. The molecule has 5 heteroatoms. The summed E-state index contributed by atoms with van der Waals surface area (Å²) in [4.78, 5) is 26.5. The van der Waals surface area contributed by atoms with E-state index in [2.05, 4.69) is 16.8 Å². The van der Waals surface area contributed by atoms with Gasteiger partial charge in [0.05, 0.1) is 16.8 Å². The van der Waals surface area contributed by atoms with Gasteiger partial charge in [-0.05, 0) is 30.8 Å². The SMILES string of the molecule is CCN1CCN(C(=O)c2cc(-c3cccnc3)nc3ccccc23)CC1. The van der Waals surface area contributed by atoms with Crippen molar-refractivity contribution in [2.45, 2.75) is 6.92 Å². The molecule has 132 valence electrons. The summed E-state index contributed by atoms with van der Waals surface area (Å²) in [5.41, 5.74) is 3.26. The third-order valence-electron chi connectivity index (χ3n) is 5.01. The van der Waals surface area contributed by atoms with E-state index in [9.17, 15) is 4.79 Å². The van der Waals surface area contributed by atoms with Crippen LogP contribution in [0, 0.1) is 0 Å². The van der Waals surface area contributed by atoms with E-state index in [0.717, 1.165) is 60.4 Å². The van der Waals surface area contributed by atoms with E-state index < -0.39 is 0 Å². The maximum Gasteiger partial charge on any atom is 0.254 e. The highest BCUT2D eigenvalue weighted by molar-refractivity contribution is 6.07. The third kappa shape index (κ3) is 3.18. The van der Waals surface area contributed by atoms with Gasteiger partial charge in [-0.2, -0.15) is 0 Å². The van der Waals surface area contributed by atoms with Gasteiger partial charge in [-0.3, -0.25) is 9.78 Å². The lowest BCUT2D eigenvalue weighted by atomic mass is 10.0. The molecule has 5 nitrogen and oxygen atoms in total. The molecule has 1 aromatic carbocycles. The quantitative estimate of drug-likeness (QED) is 0.731. The lowest BCUT2D eigenvalue weighted by molar-refractivity contribution is 0.0645. The number of likely N-dealkylation sites (N-methyl/N-ethyl adjacent to an activating group) is 1. The van der Waals surface area contributed by atoms with Crippen LogP contribution in [0.25, 0.3) is 22.2 Å². The topological polar surface area (TPSA) is 49.3 Å². The van der Waals surface area contributed by atoms with Crippen molar-refractivity contribution < 1.29 is 4.79 Å². The molecule has 1 saturated heterocycles. The largest absolute Gasteiger partial charge is 0.336 e. The smallest absolute Gasteiger partial charge is 0.254 e. The average Bonchev–Trinajstić information content (AvgIpc) is 2.73. The Kier molecular flexibility index (Phi) is 4.63. The highest BCUT2D eigenvalue weighted by Gasteiger charge is 2.23. The second kappa shape index (κ2) is 7.22. The lowest BCUT2D eigenvalue weighted by Crippen LogP contribution is -2.48. The predicted molar refractivity (Wildman–Crippen MR) is 103 cm³/mol. The maximum atomic E-state index is 13.3. The van der Waals surface area contributed by atoms with Crippen LogP contribution in [0.5, 0.6) is 0 Å². The van der Waals surface area contributed by atoms with Gasteiger partial charge in [0.15, 0.2) is 0 Å². The Morgan fingerprint density at radius 3 is 2.62 bits per heavy atom. The summed E-state index contributed by atoms with van der Waals surface area (Å²) in [6.45, 7) is 6.60. The van der Waals surface area contributed by atoms with E-state index in [1.807, 2.05) is 47.4 Å². The number of carbonyl (C=O) groups is 1. The number of hydrogen-bond acceptors (Lipinski definition) is 4. The first-order valence-corrected chi connectivity index (χ1v) is 9.08. The van der Waals surface area contributed by atoms with Crippen molar-refractivity contribution in [2.75, 3.05) is 32.7 Å². The maximum absolute atomic E-state index is 13.3. The molecular formula is C21H22N4O. The highest BCUT2D eigenvalue weighted by Crippen LogP contribution is 2.25. The zero-order valence-electron chi connectivity index (χ0n) is 14.9. The van der Waals surface area contributed by atoms with Gasteiger partial charge in [0, 0.05) is 49.5 Å². The van der Waals surface area contributed by atoms with Crippen molar-refractivity contribution in [1.29, 1.82) is 0 Å². The fourth-order valence-corrected chi connectivity index (χ4v) is 3.45. The number of amides is 1. The van der Waals surface area contributed by atoms with E-state index in [1.54, 1.807) is 12.4 Å². The van der Waals surface area contributed by atoms with Gasteiger partial charge >= 0.3 is 0 Å². The first-order valence-electron chi connectivity index (χ1n) is 9.08. The van der Waals surface area contributed by atoms with Crippen molar-refractivity contribution >= 4 is 16.8 Å². The van der Waals surface area contributed by atoms with Crippen LogP contribution in [-0.2, 0) is 0 Å². The number of hydrogen-bond donors (Lipinski definition) is 0. The Labute approximate surface area is 153 Å². The standard InChI is InChI=1S/C21H22N4O/c1-2-24-10-12-25(13-11-24)21(26)18-14-20(16-6-5-9-22-15-16)23-19-8-4-3-7-17(18)19/h3-9,14-15H,2,10-13H2,1H3. The molecule has 3 heterocycles. The van der Waals surface area contributed by atoms with Crippen LogP contribution < -0.4 is 0 Å². The van der Waals surface area contributed by atoms with Crippen molar-refractivity contribution in [3.05, 3.63) is 60.4 Å². The fraction of sp³-hybridized carbons (Fsp3) is 0.286. The van der Waals surface area contributed by atoms with Crippen LogP contribution in [0.15, 0.2) is 54.9 Å². The Morgan fingerprint density at radius 1 is 1.08 bits per heavy atom. The molecule has 4 rings (SSSR count). The van der Waals surface area contributed by atoms with E-state index in [-0.39, 0.29) is 5.91 Å². The number of para-hydroxylation sites is 1. The first-order chi connectivity index (χ1) is 12.8. The van der Waals surface area contributed by atoms with Crippen LogP contribution in [0.2, 0.25) is 0 Å². The molecule has 0 bridgehead atoms. The van der Waals surface area contributed by atoms with E-state index in [4.69, 9.17) is 4.98 Å². The normalized spacial score (nSPS) is 15.3. The van der Waals surface area contributed by atoms with Crippen molar-refractivity contribution in [2.24, 2.45) is 0 Å². The van der Waals surface area contributed by atoms with Gasteiger partial charge < -0.3 is 9.80 Å². The van der Waals surface area contributed by atoms with E-state index >= 15 is 0 Å². The summed E-state index contributed by atoms with van der Waals surface area (Å²) in [7, 11) is 0. The van der Waals surface area contributed by atoms with E-state index in [1.165, 1.54) is 0 Å². The zero-order valence-corrected chi connectivity index (χ0v) is 14.9. The Hall–Kier alpha value is -2.79. The molecule has 0 aliphatic carbocycles. The zero-order chi connectivity index (χ0) is 17.9. The highest BCUT2D eigenvalue weighted by atomic mass is 16.2. The van der Waals surface area contributed by atoms with Crippen LogP contribution in [0.3, 0.4) is 0 Å². The summed E-state index contributed by atoms with van der Waals surface area (Å²) in [6, 6.07) is 13.6. The Bertz CT molecular complexity index is 918. The minimum absolute atomic E-state index is 0.0875. The number of carbonyl (C=O) groups excluding carboxylic acids is 1. The predicted octanol–water partition coefficient (Wildman–Crippen LogP) is 3.07. The number of piperazine rings is 1. The van der Waals surface area contributed by atoms with Gasteiger partial charge in [0.2, 0.25) is 0 Å². The van der Waals surface area contributed by atoms with Crippen LogP contribution in [-0.4, -0.2) is 58.4 Å². The second-order valence-corrected chi connectivity index (χ2v) is 6.54. The molecule has 1 aliphatic heterocycles. The fourth-order valence-electron chi connectivity index (χ4n) is 3.45. The molecule has 2 aromatic heterocycles. The summed E-state index contributed by atoms with van der Waals surface area (Å²) in [6.07, 6.45) is 3.52. The molecule has 0 radical (unpaired) electrons. The molecule has 0 spiro atoms. The number of aromatic nitrogens is 2. The van der Waals surface area contributed by atoms with Crippen molar-refractivity contribution in [3.8, 4) is 11.3 Å². The van der Waals surface area contributed by atoms with Crippen LogP contribution in [0.1, 0.15) is 17.3 Å². The molecule has 1 aliphatic rings. The molecule has 3 aromatic rings. The molecular weight excluding hydrogens is 324 g/mol. The summed E-state index contributed by atoms with van der Waals surface area (Å²) < 4.78 is 0. The molecule has 1 amide bonds. The summed E-state index contributed by atoms with van der Waals surface area (Å²) in [5.74, 6) is 0.0875. The first kappa shape index (κ1) is 16.7. The number of rotatable bonds is 3. The van der Waals surface area contributed by atoms with Gasteiger partial charge in [0.1, 0.15) is 0 Å². The Morgan fingerprint density at radius 2 is 1.88 bits per heavy atom. The number of fused-ring (bicyclic) bond motifs is 1. The molecule has 0 unspecified atom stereocenters. The van der Waals surface area contributed by atoms with Crippen LogP contribution >= 0.6 is 0 Å². The molecule has 1 fully saturated rings. The van der Waals surface area contributed by atoms with Crippen LogP contribution in [0.4, 0.5) is 0 Å². The van der Waals surface area contributed by atoms with Crippen molar-refractivity contribution in [1.82, 2.24) is 19.8 Å². The molecule has 0 atom stereocenters. The lowest BCUT2D eigenvalue weighted by Gasteiger charge is -2.34. The second-order valence-electron chi connectivity index (χ2n) is 6.54. The number of benzene rings is 1. The minimum atomic E-state index is 0.0875. The average molecular weight is 346 g/mol. The van der Waals surface area contributed by atoms with Gasteiger partial charge in [0.25, 0.3) is 5.91 Å². The number of nitrogens with zero attached hydrogens (tertiary/aromatic N) is 4. The third-order valence-corrected chi connectivity index (χ3v) is 5.01. The minimum Gasteiger partial charge on any atom is -0.336 e. The molecule has 0 saturated carbocycles. The number of pyridine rings is 2.